The average Bonchev–Trinajstić information content (AvgIpc) is 2.28. The first-order chi connectivity index (χ1) is 7.66. The van der Waals surface area contributed by atoms with Gasteiger partial charge in [-0.1, -0.05) is 13.0 Å². The Kier molecular flexibility index (Phi) is 3.19. The number of amides is 1. The van der Waals surface area contributed by atoms with Gasteiger partial charge in [-0.25, -0.2) is 0 Å². The summed E-state index contributed by atoms with van der Waals surface area (Å²) in [6, 6.07) is 5.47. The molecule has 1 aliphatic rings. The second-order valence-electron chi connectivity index (χ2n) is 4.53. The number of hydrogen-bond acceptors (Lipinski definition) is 3. The summed E-state index contributed by atoms with van der Waals surface area (Å²) in [5, 5.41) is 0. The highest BCUT2D eigenvalue weighted by Gasteiger charge is 2.26. The van der Waals surface area contributed by atoms with Crippen molar-refractivity contribution in [2.24, 2.45) is 11.7 Å². The van der Waals surface area contributed by atoms with Gasteiger partial charge in [-0.05, 0) is 24.5 Å². The minimum atomic E-state index is -0.0115. The largest absolute Gasteiger partial charge is 0.335 e. The molecule has 0 saturated carbocycles. The number of carbonyl (C=O) groups is 1. The lowest BCUT2D eigenvalue weighted by Gasteiger charge is -2.34. The van der Waals surface area contributed by atoms with Gasteiger partial charge in [0, 0.05) is 25.3 Å². The van der Waals surface area contributed by atoms with Crippen molar-refractivity contribution < 1.29 is 4.79 Å². The topological polar surface area (TPSA) is 59.2 Å². The molecule has 4 nitrogen and oxygen atoms in total. The molecule has 2 atom stereocenters. The molecule has 0 spiro atoms. The fourth-order valence-electron chi connectivity index (χ4n) is 2.22. The van der Waals surface area contributed by atoms with E-state index in [-0.39, 0.29) is 11.9 Å². The summed E-state index contributed by atoms with van der Waals surface area (Å²) < 4.78 is 0. The van der Waals surface area contributed by atoms with Crippen LogP contribution in [0.25, 0.3) is 0 Å². The summed E-state index contributed by atoms with van der Waals surface area (Å²) in [6.45, 7) is 3.54. The van der Waals surface area contributed by atoms with Crippen LogP contribution in [0.15, 0.2) is 24.4 Å². The highest BCUT2D eigenvalue weighted by molar-refractivity contribution is 5.92. The summed E-state index contributed by atoms with van der Waals surface area (Å²) in [5.41, 5.74) is 6.42. The van der Waals surface area contributed by atoms with Gasteiger partial charge in [-0.15, -0.1) is 0 Å². The highest BCUT2D eigenvalue weighted by Crippen LogP contribution is 2.16. The summed E-state index contributed by atoms with van der Waals surface area (Å²) in [6.07, 6.45) is 2.63. The van der Waals surface area contributed by atoms with Gasteiger partial charge in [-0.2, -0.15) is 0 Å². The van der Waals surface area contributed by atoms with Crippen molar-refractivity contribution >= 4 is 5.91 Å². The van der Waals surface area contributed by atoms with E-state index in [0.29, 0.717) is 18.2 Å². The summed E-state index contributed by atoms with van der Waals surface area (Å²) in [5.74, 6) is 0.457. The van der Waals surface area contributed by atoms with Crippen LogP contribution in [-0.4, -0.2) is 34.9 Å². The maximum atomic E-state index is 12.1. The third-order valence-corrected chi connectivity index (χ3v) is 2.86. The van der Waals surface area contributed by atoms with E-state index >= 15 is 0 Å². The molecule has 0 aliphatic carbocycles. The van der Waals surface area contributed by atoms with E-state index in [4.69, 9.17) is 5.73 Å². The fourth-order valence-corrected chi connectivity index (χ4v) is 2.22. The second-order valence-corrected chi connectivity index (χ2v) is 4.53. The van der Waals surface area contributed by atoms with Crippen molar-refractivity contribution in [2.75, 3.05) is 13.1 Å². The van der Waals surface area contributed by atoms with Crippen LogP contribution in [0, 0.1) is 5.92 Å². The van der Waals surface area contributed by atoms with Crippen LogP contribution in [0.1, 0.15) is 23.8 Å². The Morgan fingerprint density at radius 1 is 1.50 bits per heavy atom. The average molecular weight is 219 g/mol. The Labute approximate surface area is 95.5 Å². The summed E-state index contributed by atoms with van der Waals surface area (Å²) >= 11 is 0. The number of rotatable bonds is 1. The molecule has 1 aromatic rings. The molecular weight excluding hydrogens is 202 g/mol. The molecule has 16 heavy (non-hydrogen) atoms. The number of nitrogens with zero attached hydrogens (tertiary/aromatic N) is 2. The smallest absolute Gasteiger partial charge is 0.272 e. The quantitative estimate of drug-likeness (QED) is 0.763. The molecule has 1 saturated heterocycles. The third kappa shape index (κ3) is 2.39. The van der Waals surface area contributed by atoms with Crippen LogP contribution in [0.3, 0.4) is 0 Å². The Bertz CT molecular complexity index is 356. The SMILES string of the molecule is CC1CC(N)CN(C(=O)c2ccccn2)C1. The van der Waals surface area contributed by atoms with E-state index in [1.165, 1.54) is 0 Å². The van der Waals surface area contributed by atoms with Crippen LogP contribution in [0.4, 0.5) is 0 Å². The van der Waals surface area contributed by atoms with E-state index in [1.54, 1.807) is 23.2 Å². The summed E-state index contributed by atoms with van der Waals surface area (Å²) in [4.78, 5) is 18.0. The van der Waals surface area contributed by atoms with Gasteiger partial charge in [0.2, 0.25) is 0 Å². The molecule has 2 heterocycles. The normalized spacial score (nSPS) is 25.5. The number of pyridine rings is 1. The van der Waals surface area contributed by atoms with Crippen molar-refractivity contribution in [1.29, 1.82) is 0 Å². The van der Waals surface area contributed by atoms with Gasteiger partial charge in [0.1, 0.15) is 5.69 Å². The monoisotopic (exact) mass is 219 g/mol. The lowest BCUT2D eigenvalue weighted by atomic mass is 9.96. The molecule has 1 fully saturated rings. The zero-order chi connectivity index (χ0) is 11.5. The Hall–Kier alpha value is -1.42. The lowest BCUT2D eigenvalue weighted by molar-refractivity contribution is 0.0655. The number of hydrogen-bond donors (Lipinski definition) is 1. The van der Waals surface area contributed by atoms with Gasteiger partial charge in [0.15, 0.2) is 0 Å². The number of piperidine rings is 1. The first kappa shape index (κ1) is 11.1. The van der Waals surface area contributed by atoms with Crippen LogP contribution in [0.5, 0.6) is 0 Å². The van der Waals surface area contributed by atoms with E-state index in [0.717, 1.165) is 13.0 Å². The van der Waals surface area contributed by atoms with Gasteiger partial charge in [0.25, 0.3) is 5.91 Å². The first-order valence-electron chi connectivity index (χ1n) is 5.62. The Balaban J connectivity index is 2.10. The Morgan fingerprint density at radius 3 is 2.94 bits per heavy atom. The molecule has 2 rings (SSSR count). The van der Waals surface area contributed by atoms with Gasteiger partial charge < -0.3 is 10.6 Å². The fraction of sp³-hybridized carbons (Fsp3) is 0.500. The minimum Gasteiger partial charge on any atom is -0.335 e. The first-order valence-corrected chi connectivity index (χ1v) is 5.62. The van der Waals surface area contributed by atoms with Crippen LogP contribution in [0.2, 0.25) is 0 Å². The number of carbonyl (C=O) groups excluding carboxylic acids is 1. The molecule has 86 valence electrons. The number of aromatic nitrogens is 1. The second kappa shape index (κ2) is 4.61. The maximum Gasteiger partial charge on any atom is 0.272 e. The highest BCUT2D eigenvalue weighted by atomic mass is 16.2. The maximum absolute atomic E-state index is 12.1. The van der Waals surface area contributed by atoms with Gasteiger partial charge in [-0.3, -0.25) is 9.78 Å². The molecule has 1 amide bonds. The molecule has 1 aliphatic heterocycles. The van der Waals surface area contributed by atoms with Crippen molar-refractivity contribution in [3.63, 3.8) is 0 Å². The standard InChI is InChI=1S/C12H17N3O/c1-9-6-10(13)8-15(7-9)12(16)11-4-2-3-5-14-11/h2-5,9-10H,6-8,13H2,1H3. The molecule has 4 heteroatoms. The molecule has 0 aromatic carbocycles. The van der Waals surface area contributed by atoms with Crippen LogP contribution in [-0.2, 0) is 0 Å². The van der Waals surface area contributed by atoms with Crippen LogP contribution >= 0.6 is 0 Å². The number of likely N-dealkylation sites (tertiary alicyclic amines) is 1. The van der Waals surface area contributed by atoms with Gasteiger partial charge in [0.05, 0.1) is 0 Å². The predicted molar refractivity (Wildman–Crippen MR) is 61.9 cm³/mol. The summed E-state index contributed by atoms with van der Waals surface area (Å²) in [7, 11) is 0. The lowest BCUT2D eigenvalue weighted by Crippen LogP contribution is -2.49. The Morgan fingerprint density at radius 2 is 2.31 bits per heavy atom. The van der Waals surface area contributed by atoms with E-state index in [1.807, 2.05) is 6.07 Å². The molecule has 2 N–H and O–H groups in total. The molecule has 0 radical (unpaired) electrons. The molecule has 0 bridgehead atoms. The van der Waals surface area contributed by atoms with Crippen molar-refractivity contribution in [3.05, 3.63) is 30.1 Å². The molecule has 2 unspecified atom stereocenters. The zero-order valence-corrected chi connectivity index (χ0v) is 9.47. The van der Waals surface area contributed by atoms with E-state index in [2.05, 4.69) is 11.9 Å². The van der Waals surface area contributed by atoms with Crippen molar-refractivity contribution in [1.82, 2.24) is 9.88 Å². The van der Waals surface area contributed by atoms with Crippen LogP contribution < -0.4 is 5.73 Å². The number of nitrogens with two attached hydrogens (primary N) is 1. The molecule has 1 aromatic heterocycles. The van der Waals surface area contributed by atoms with Crippen molar-refractivity contribution in [3.8, 4) is 0 Å². The van der Waals surface area contributed by atoms with E-state index < -0.39 is 0 Å². The van der Waals surface area contributed by atoms with E-state index in [9.17, 15) is 4.79 Å². The predicted octanol–water partition coefficient (Wildman–Crippen LogP) is 0.891. The van der Waals surface area contributed by atoms with Crippen molar-refractivity contribution in [2.45, 2.75) is 19.4 Å². The minimum absolute atomic E-state index is 0.0115. The molecular formula is C12H17N3O. The zero-order valence-electron chi connectivity index (χ0n) is 9.47. The van der Waals surface area contributed by atoms with Gasteiger partial charge >= 0.3 is 0 Å². The third-order valence-electron chi connectivity index (χ3n) is 2.86.